The molecular formula is C27H40N2O. The molecule has 0 radical (unpaired) electrons. The highest BCUT2D eigenvalue weighted by molar-refractivity contribution is 5.55. The molecule has 2 aromatic rings. The van der Waals surface area contributed by atoms with Crippen LogP contribution < -0.4 is 4.74 Å². The first kappa shape index (κ1) is 22.8. The summed E-state index contributed by atoms with van der Waals surface area (Å²) < 4.78 is 6.08. The maximum Gasteiger partial charge on any atom is 0.159 e. The van der Waals surface area contributed by atoms with Gasteiger partial charge in [-0.05, 0) is 67.3 Å². The summed E-state index contributed by atoms with van der Waals surface area (Å²) in [7, 11) is 0. The summed E-state index contributed by atoms with van der Waals surface area (Å²) >= 11 is 0. The molecule has 0 bridgehead atoms. The first-order valence-corrected chi connectivity index (χ1v) is 12.3. The van der Waals surface area contributed by atoms with Crippen molar-refractivity contribution >= 4 is 0 Å². The molecule has 0 aliphatic heterocycles. The van der Waals surface area contributed by atoms with Crippen LogP contribution in [0, 0.1) is 11.8 Å². The Labute approximate surface area is 183 Å². The van der Waals surface area contributed by atoms with Gasteiger partial charge >= 0.3 is 0 Å². The van der Waals surface area contributed by atoms with Gasteiger partial charge in [-0.25, -0.2) is 9.97 Å². The fraction of sp³-hybridized carbons (Fsp3) is 0.630. The van der Waals surface area contributed by atoms with E-state index in [-0.39, 0.29) is 0 Å². The molecule has 1 fully saturated rings. The summed E-state index contributed by atoms with van der Waals surface area (Å²) in [5.74, 6) is 3.43. The molecule has 3 heteroatoms. The largest absolute Gasteiger partial charge is 0.493 e. The van der Waals surface area contributed by atoms with Gasteiger partial charge in [-0.1, -0.05) is 65.2 Å². The van der Waals surface area contributed by atoms with E-state index in [4.69, 9.17) is 4.74 Å². The molecule has 1 aromatic carbocycles. The van der Waals surface area contributed by atoms with Gasteiger partial charge in [-0.2, -0.15) is 0 Å². The van der Waals surface area contributed by atoms with Crippen LogP contribution in [0.5, 0.6) is 5.75 Å². The number of nitrogens with zero attached hydrogens (tertiary/aromatic N) is 2. The van der Waals surface area contributed by atoms with Crippen molar-refractivity contribution in [1.82, 2.24) is 9.97 Å². The molecule has 1 saturated carbocycles. The third-order valence-electron chi connectivity index (χ3n) is 6.54. The Morgan fingerprint density at radius 1 is 0.800 bits per heavy atom. The van der Waals surface area contributed by atoms with E-state index in [0.717, 1.165) is 42.0 Å². The van der Waals surface area contributed by atoms with E-state index in [1.807, 2.05) is 12.4 Å². The molecule has 3 nitrogen and oxygen atoms in total. The average molecular weight is 409 g/mol. The van der Waals surface area contributed by atoms with Gasteiger partial charge in [-0.15, -0.1) is 0 Å². The number of hydrogen-bond donors (Lipinski definition) is 0. The van der Waals surface area contributed by atoms with Crippen molar-refractivity contribution in [3.63, 3.8) is 0 Å². The third kappa shape index (κ3) is 7.41. The molecule has 3 rings (SSSR count). The first-order chi connectivity index (χ1) is 14.8. The Balaban J connectivity index is 1.42. The second-order valence-corrected chi connectivity index (χ2v) is 9.09. The topological polar surface area (TPSA) is 35.0 Å². The molecule has 0 unspecified atom stereocenters. The maximum absolute atomic E-state index is 6.08. The van der Waals surface area contributed by atoms with Crippen molar-refractivity contribution in [2.75, 3.05) is 6.61 Å². The average Bonchev–Trinajstić information content (AvgIpc) is 2.79. The van der Waals surface area contributed by atoms with Crippen LogP contribution in [-0.4, -0.2) is 16.6 Å². The molecule has 1 aliphatic rings. The molecule has 1 heterocycles. The van der Waals surface area contributed by atoms with Crippen LogP contribution in [0.2, 0.25) is 0 Å². The van der Waals surface area contributed by atoms with Crippen molar-refractivity contribution < 1.29 is 4.74 Å². The number of unbranched alkanes of at least 4 members (excludes halogenated alkanes) is 4. The fourth-order valence-electron chi connectivity index (χ4n) is 4.58. The molecule has 1 aliphatic carbocycles. The minimum atomic E-state index is 0.718. The van der Waals surface area contributed by atoms with Crippen LogP contribution in [0.4, 0.5) is 0 Å². The van der Waals surface area contributed by atoms with Gasteiger partial charge in [0.25, 0.3) is 0 Å². The lowest BCUT2D eigenvalue weighted by Gasteiger charge is -2.28. The molecule has 164 valence electrons. The Hall–Kier alpha value is -1.90. The van der Waals surface area contributed by atoms with E-state index in [0.29, 0.717) is 0 Å². The minimum Gasteiger partial charge on any atom is -0.493 e. The molecule has 0 amide bonds. The summed E-state index contributed by atoms with van der Waals surface area (Å²) in [6, 6.07) is 8.27. The predicted octanol–water partition coefficient (Wildman–Crippen LogP) is 7.64. The van der Waals surface area contributed by atoms with Gasteiger partial charge in [0.2, 0.25) is 0 Å². The fourth-order valence-corrected chi connectivity index (χ4v) is 4.58. The van der Waals surface area contributed by atoms with Crippen molar-refractivity contribution in [2.45, 2.75) is 90.9 Å². The van der Waals surface area contributed by atoms with E-state index < -0.39 is 0 Å². The van der Waals surface area contributed by atoms with Crippen LogP contribution in [-0.2, 0) is 6.42 Å². The summed E-state index contributed by atoms with van der Waals surface area (Å²) in [6.45, 7) is 5.40. The Morgan fingerprint density at radius 3 is 2.13 bits per heavy atom. The molecule has 30 heavy (non-hydrogen) atoms. The van der Waals surface area contributed by atoms with Gasteiger partial charge in [0.05, 0.1) is 6.61 Å². The van der Waals surface area contributed by atoms with Crippen molar-refractivity contribution in [1.29, 1.82) is 0 Å². The first-order valence-electron chi connectivity index (χ1n) is 12.3. The zero-order valence-corrected chi connectivity index (χ0v) is 19.1. The summed E-state index contributed by atoms with van der Waals surface area (Å²) in [5.41, 5.74) is 2.29. The standard InChI is InChI=1S/C27H40N2O/c1-3-5-6-7-8-10-24-19-28-27(29-20-24)25-15-17-26(18-16-25)30-21-23-13-11-22(9-4-2)12-14-23/h15-20,22-23H,3-14,21H2,1-2H3. The Morgan fingerprint density at radius 2 is 1.47 bits per heavy atom. The summed E-state index contributed by atoms with van der Waals surface area (Å²) in [4.78, 5) is 9.17. The quantitative estimate of drug-likeness (QED) is 0.338. The molecule has 0 saturated heterocycles. The van der Waals surface area contributed by atoms with E-state index in [1.165, 1.54) is 76.2 Å². The van der Waals surface area contributed by atoms with E-state index >= 15 is 0 Å². The SMILES string of the molecule is CCCCCCCc1cnc(-c2ccc(OCC3CCC(CCC)CC3)cc2)nc1. The zero-order chi connectivity index (χ0) is 21.0. The van der Waals surface area contributed by atoms with E-state index in [2.05, 4.69) is 48.1 Å². The molecule has 0 atom stereocenters. The second-order valence-electron chi connectivity index (χ2n) is 9.09. The monoisotopic (exact) mass is 408 g/mol. The van der Waals surface area contributed by atoms with Gasteiger partial charge in [0, 0.05) is 18.0 Å². The van der Waals surface area contributed by atoms with Crippen LogP contribution in [0.1, 0.15) is 90.0 Å². The lowest BCUT2D eigenvalue weighted by molar-refractivity contribution is 0.178. The molecule has 0 N–H and O–H groups in total. The molecule has 1 aromatic heterocycles. The predicted molar refractivity (Wildman–Crippen MR) is 126 cm³/mol. The summed E-state index contributed by atoms with van der Waals surface area (Å²) in [5, 5.41) is 0. The van der Waals surface area contributed by atoms with Crippen LogP contribution >= 0.6 is 0 Å². The number of aryl methyl sites for hydroxylation is 1. The molecule has 0 spiro atoms. The molecular weight excluding hydrogens is 368 g/mol. The zero-order valence-electron chi connectivity index (χ0n) is 19.1. The maximum atomic E-state index is 6.08. The van der Waals surface area contributed by atoms with Crippen molar-refractivity contribution in [3.8, 4) is 17.1 Å². The highest BCUT2D eigenvalue weighted by atomic mass is 16.5. The number of hydrogen-bond acceptors (Lipinski definition) is 3. The Kier molecular flexibility index (Phi) is 9.66. The second kappa shape index (κ2) is 12.7. The van der Waals surface area contributed by atoms with Gasteiger partial charge in [0.1, 0.15) is 5.75 Å². The van der Waals surface area contributed by atoms with Gasteiger partial charge in [-0.3, -0.25) is 0 Å². The smallest absolute Gasteiger partial charge is 0.159 e. The lowest BCUT2D eigenvalue weighted by atomic mass is 9.80. The highest BCUT2D eigenvalue weighted by Crippen LogP contribution is 2.32. The number of aromatic nitrogens is 2. The number of rotatable bonds is 12. The van der Waals surface area contributed by atoms with Crippen LogP contribution in [0.15, 0.2) is 36.7 Å². The van der Waals surface area contributed by atoms with Gasteiger partial charge in [0.15, 0.2) is 5.82 Å². The number of benzene rings is 1. The highest BCUT2D eigenvalue weighted by Gasteiger charge is 2.21. The van der Waals surface area contributed by atoms with Crippen LogP contribution in [0.3, 0.4) is 0 Å². The van der Waals surface area contributed by atoms with Crippen molar-refractivity contribution in [3.05, 3.63) is 42.2 Å². The van der Waals surface area contributed by atoms with E-state index in [1.54, 1.807) is 0 Å². The minimum absolute atomic E-state index is 0.718. The third-order valence-corrected chi connectivity index (χ3v) is 6.54. The van der Waals surface area contributed by atoms with E-state index in [9.17, 15) is 0 Å². The Bertz CT molecular complexity index is 703. The lowest BCUT2D eigenvalue weighted by Crippen LogP contribution is -2.20. The van der Waals surface area contributed by atoms with Crippen LogP contribution in [0.25, 0.3) is 11.4 Å². The summed E-state index contributed by atoms with van der Waals surface area (Å²) in [6.07, 6.45) is 19.7. The van der Waals surface area contributed by atoms with Crippen molar-refractivity contribution in [2.24, 2.45) is 11.8 Å². The normalized spacial score (nSPS) is 19.0. The number of ether oxygens (including phenoxy) is 1. The van der Waals surface area contributed by atoms with Gasteiger partial charge < -0.3 is 4.74 Å².